The van der Waals surface area contributed by atoms with E-state index in [-0.39, 0.29) is 35.6 Å². The van der Waals surface area contributed by atoms with Crippen LogP contribution in [0.25, 0.3) is 10.8 Å². The average Bonchev–Trinajstić information content (AvgIpc) is 2.63. The Morgan fingerprint density at radius 2 is 1.92 bits per heavy atom. The van der Waals surface area contributed by atoms with E-state index in [0.717, 1.165) is 25.3 Å². The van der Waals surface area contributed by atoms with Gasteiger partial charge in [-0.05, 0) is 32.3 Å². The Morgan fingerprint density at radius 3 is 2.64 bits per heavy atom. The highest BCUT2D eigenvalue weighted by Gasteiger charge is 2.25. The largest absolute Gasteiger partial charge is 0.507 e. The van der Waals surface area contributed by atoms with E-state index in [1.54, 1.807) is 29.2 Å². The fourth-order valence-electron chi connectivity index (χ4n) is 3.25. The van der Waals surface area contributed by atoms with Crippen LogP contribution in [0.1, 0.15) is 36.5 Å². The smallest absolute Gasteiger partial charge is 0.342 e. The molecule has 6 nitrogen and oxygen atoms in total. The van der Waals surface area contributed by atoms with E-state index in [4.69, 9.17) is 4.74 Å². The zero-order valence-electron chi connectivity index (χ0n) is 14.1. The zero-order valence-corrected chi connectivity index (χ0v) is 14.1. The van der Waals surface area contributed by atoms with E-state index in [2.05, 4.69) is 0 Å². The molecule has 2 aromatic rings. The summed E-state index contributed by atoms with van der Waals surface area (Å²) in [6.07, 6.45) is 2.98. The number of hydrogen-bond acceptors (Lipinski definition) is 5. The van der Waals surface area contributed by atoms with Gasteiger partial charge in [-0.1, -0.05) is 24.3 Å². The molecule has 25 heavy (non-hydrogen) atoms. The predicted octanol–water partition coefficient (Wildman–Crippen LogP) is 2.81. The third kappa shape index (κ3) is 3.38. The lowest BCUT2D eigenvalue weighted by molar-refractivity contribution is -0.137. The van der Waals surface area contributed by atoms with Crippen molar-refractivity contribution in [3.8, 4) is 11.5 Å². The standard InChI is InChI=1S/C19H21NO5/c1-12-6-4-5-9-20(12)17(22)11-25-19(24)15-10-16(21)13-7-2-3-8-14(13)18(15)23/h2-3,7-8,10,12,21,23H,4-6,9,11H2,1H3/t12-/m1/s1. The Morgan fingerprint density at radius 1 is 1.20 bits per heavy atom. The van der Waals surface area contributed by atoms with Gasteiger partial charge in [0, 0.05) is 23.4 Å². The maximum atomic E-state index is 12.3. The van der Waals surface area contributed by atoms with Crippen molar-refractivity contribution in [2.75, 3.05) is 13.2 Å². The molecule has 1 aliphatic rings. The molecule has 1 amide bonds. The van der Waals surface area contributed by atoms with Crippen LogP contribution >= 0.6 is 0 Å². The molecule has 0 spiro atoms. The molecule has 2 aromatic carbocycles. The van der Waals surface area contributed by atoms with Crippen molar-refractivity contribution in [3.63, 3.8) is 0 Å². The summed E-state index contributed by atoms with van der Waals surface area (Å²) in [5.41, 5.74) is -0.157. The molecule has 1 fully saturated rings. The lowest BCUT2D eigenvalue weighted by Crippen LogP contribution is -2.44. The van der Waals surface area contributed by atoms with Gasteiger partial charge in [0.05, 0.1) is 0 Å². The summed E-state index contributed by atoms with van der Waals surface area (Å²) < 4.78 is 5.07. The van der Waals surface area contributed by atoms with Gasteiger partial charge >= 0.3 is 5.97 Å². The second kappa shape index (κ2) is 7.01. The van der Waals surface area contributed by atoms with E-state index < -0.39 is 5.97 Å². The number of phenolic OH excluding ortho intramolecular Hbond substituents is 2. The van der Waals surface area contributed by atoms with Crippen molar-refractivity contribution < 1.29 is 24.5 Å². The monoisotopic (exact) mass is 343 g/mol. The third-order valence-corrected chi connectivity index (χ3v) is 4.66. The van der Waals surface area contributed by atoms with E-state index in [1.165, 1.54) is 0 Å². The third-order valence-electron chi connectivity index (χ3n) is 4.66. The number of hydrogen-bond donors (Lipinski definition) is 2. The van der Waals surface area contributed by atoms with Gasteiger partial charge in [-0.2, -0.15) is 0 Å². The molecular weight excluding hydrogens is 322 g/mol. The summed E-state index contributed by atoms with van der Waals surface area (Å²) in [5.74, 6) is -1.48. The van der Waals surface area contributed by atoms with Gasteiger partial charge in [-0.15, -0.1) is 0 Å². The van der Waals surface area contributed by atoms with Crippen molar-refractivity contribution in [2.24, 2.45) is 0 Å². The number of rotatable bonds is 3. The first-order valence-corrected chi connectivity index (χ1v) is 8.39. The SMILES string of the molecule is C[C@@H]1CCCCN1C(=O)COC(=O)c1cc(O)c2ccccc2c1O. The van der Waals surface area contributed by atoms with Crippen molar-refractivity contribution in [1.29, 1.82) is 0 Å². The van der Waals surface area contributed by atoms with Gasteiger partial charge in [0.1, 0.15) is 17.1 Å². The molecule has 1 saturated heterocycles. The van der Waals surface area contributed by atoms with Crippen LogP contribution in [0.3, 0.4) is 0 Å². The summed E-state index contributed by atoms with van der Waals surface area (Å²) in [4.78, 5) is 26.2. The predicted molar refractivity (Wildman–Crippen MR) is 92.6 cm³/mol. The summed E-state index contributed by atoms with van der Waals surface area (Å²) in [6, 6.07) is 7.95. The Labute approximate surface area is 145 Å². The molecule has 0 aliphatic carbocycles. The summed E-state index contributed by atoms with van der Waals surface area (Å²) in [5, 5.41) is 21.1. The Balaban J connectivity index is 1.74. The van der Waals surface area contributed by atoms with Crippen LogP contribution in [0, 0.1) is 0 Å². The average molecular weight is 343 g/mol. The van der Waals surface area contributed by atoms with E-state index in [9.17, 15) is 19.8 Å². The molecule has 2 N–H and O–H groups in total. The van der Waals surface area contributed by atoms with Crippen molar-refractivity contribution >= 4 is 22.6 Å². The number of benzene rings is 2. The molecule has 3 rings (SSSR count). The number of phenols is 2. The fraction of sp³-hybridized carbons (Fsp3) is 0.368. The fourth-order valence-corrected chi connectivity index (χ4v) is 3.25. The van der Waals surface area contributed by atoms with Gasteiger partial charge in [0.15, 0.2) is 6.61 Å². The van der Waals surface area contributed by atoms with Crippen molar-refractivity contribution in [1.82, 2.24) is 4.90 Å². The van der Waals surface area contributed by atoms with E-state index in [0.29, 0.717) is 17.3 Å². The van der Waals surface area contributed by atoms with Crippen molar-refractivity contribution in [3.05, 3.63) is 35.9 Å². The number of fused-ring (bicyclic) bond motifs is 1. The number of ether oxygens (including phenoxy) is 1. The highest BCUT2D eigenvalue weighted by Crippen LogP contribution is 2.35. The molecule has 1 heterocycles. The number of nitrogens with zero attached hydrogens (tertiary/aromatic N) is 1. The number of piperidine rings is 1. The molecule has 132 valence electrons. The molecule has 0 radical (unpaired) electrons. The second-order valence-electron chi connectivity index (χ2n) is 6.35. The summed E-state index contributed by atoms with van der Waals surface area (Å²) in [7, 11) is 0. The normalized spacial score (nSPS) is 17.5. The molecule has 1 aliphatic heterocycles. The number of likely N-dealkylation sites (tertiary alicyclic amines) is 1. The molecule has 0 bridgehead atoms. The van der Waals surface area contributed by atoms with Crippen LogP contribution in [0.5, 0.6) is 11.5 Å². The first kappa shape index (κ1) is 17.1. The van der Waals surface area contributed by atoms with Crippen LogP contribution in [0.2, 0.25) is 0 Å². The maximum Gasteiger partial charge on any atom is 0.342 e. The molecular formula is C19H21NO5. The minimum Gasteiger partial charge on any atom is -0.507 e. The topological polar surface area (TPSA) is 87.1 Å². The van der Waals surface area contributed by atoms with Gasteiger partial charge in [0.2, 0.25) is 0 Å². The first-order chi connectivity index (χ1) is 12.0. The van der Waals surface area contributed by atoms with Crippen LogP contribution in [-0.2, 0) is 9.53 Å². The second-order valence-corrected chi connectivity index (χ2v) is 6.35. The number of amides is 1. The lowest BCUT2D eigenvalue weighted by atomic mass is 10.0. The van der Waals surface area contributed by atoms with Gasteiger partial charge in [-0.25, -0.2) is 4.79 Å². The maximum absolute atomic E-state index is 12.3. The van der Waals surface area contributed by atoms with Crippen LogP contribution in [0.4, 0.5) is 0 Å². The Kier molecular flexibility index (Phi) is 4.79. The molecule has 6 heteroatoms. The zero-order chi connectivity index (χ0) is 18.0. The van der Waals surface area contributed by atoms with Gasteiger partial charge in [0.25, 0.3) is 5.91 Å². The summed E-state index contributed by atoms with van der Waals surface area (Å²) in [6.45, 7) is 2.27. The summed E-state index contributed by atoms with van der Waals surface area (Å²) >= 11 is 0. The number of esters is 1. The quantitative estimate of drug-likeness (QED) is 0.661. The number of carbonyl (C=O) groups is 2. The minimum atomic E-state index is -0.837. The number of aromatic hydroxyl groups is 2. The molecule has 0 unspecified atom stereocenters. The first-order valence-electron chi connectivity index (χ1n) is 8.39. The van der Waals surface area contributed by atoms with E-state index in [1.807, 2.05) is 6.92 Å². The molecule has 1 atom stereocenters. The van der Waals surface area contributed by atoms with E-state index >= 15 is 0 Å². The molecule has 0 aromatic heterocycles. The van der Waals surface area contributed by atoms with Crippen molar-refractivity contribution in [2.45, 2.75) is 32.2 Å². The van der Waals surface area contributed by atoms with Crippen LogP contribution in [-0.4, -0.2) is 46.2 Å². The lowest BCUT2D eigenvalue weighted by Gasteiger charge is -2.33. The minimum absolute atomic E-state index is 0.128. The Bertz CT molecular complexity index is 817. The number of carbonyl (C=O) groups excluding carboxylic acids is 2. The van der Waals surface area contributed by atoms with Crippen LogP contribution < -0.4 is 0 Å². The highest BCUT2D eigenvalue weighted by molar-refractivity contribution is 6.04. The highest BCUT2D eigenvalue weighted by atomic mass is 16.5. The Hall–Kier alpha value is -2.76. The van der Waals surface area contributed by atoms with Crippen LogP contribution in [0.15, 0.2) is 30.3 Å². The van der Waals surface area contributed by atoms with Gasteiger partial charge < -0.3 is 19.8 Å². The molecule has 0 saturated carbocycles. The van der Waals surface area contributed by atoms with Gasteiger partial charge in [-0.3, -0.25) is 4.79 Å².